The van der Waals surface area contributed by atoms with Crippen LogP contribution in [0, 0.1) is 10.1 Å². The van der Waals surface area contributed by atoms with Crippen molar-refractivity contribution in [2.75, 3.05) is 0 Å². The normalized spacial score (nSPS) is 10.8. The molecule has 0 amide bonds. The van der Waals surface area contributed by atoms with Crippen LogP contribution in [0.25, 0.3) is 23.5 Å². The van der Waals surface area contributed by atoms with Crippen LogP contribution in [0.5, 0.6) is 0 Å². The van der Waals surface area contributed by atoms with Crippen LogP contribution in [-0.2, 0) is 0 Å². The molecule has 1 heterocycles. The molecule has 0 fully saturated rings. The van der Waals surface area contributed by atoms with Gasteiger partial charge in [0.2, 0.25) is 0 Å². The Kier molecular flexibility index (Phi) is 4.34. The van der Waals surface area contributed by atoms with Crippen molar-refractivity contribution in [3.63, 3.8) is 0 Å². The summed E-state index contributed by atoms with van der Waals surface area (Å²) in [7, 11) is 0. The van der Waals surface area contributed by atoms with Crippen molar-refractivity contribution in [2.45, 2.75) is 0 Å². The van der Waals surface area contributed by atoms with Crippen molar-refractivity contribution in [3.8, 4) is 11.3 Å². The Morgan fingerprint density at radius 3 is 2.29 bits per heavy atom. The van der Waals surface area contributed by atoms with E-state index in [-0.39, 0.29) is 11.1 Å². The summed E-state index contributed by atoms with van der Waals surface area (Å²) in [6.45, 7) is 0. The molecule has 0 aliphatic carbocycles. The summed E-state index contributed by atoms with van der Waals surface area (Å²) < 4.78 is 5.73. The lowest BCUT2D eigenvalue weighted by Gasteiger charge is -2.01. The van der Waals surface area contributed by atoms with E-state index in [9.17, 15) is 14.9 Å². The quantitative estimate of drug-likeness (QED) is 0.528. The summed E-state index contributed by atoms with van der Waals surface area (Å²) in [6.07, 6.45) is 3.39. The smallest absolute Gasteiger partial charge is 0.269 e. The van der Waals surface area contributed by atoms with Gasteiger partial charge >= 0.3 is 0 Å². The highest BCUT2D eigenvalue weighted by molar-refractivity contribution is 5.68. The van der Waals surface area contributed by atoms with E-state index < -0.39 is 4.92 Å². The number of hydrogen-bond donors (Lipinski definition) is 0. The molecular formula is C19H13NO4. The van der Waals surface area contributed by atoms with E-state index in [1.165, 1.54) is 24.3 Å². The molecule has 24 heavy (non-hydrogen) atoms. The minimum absolute atomic E-state index is 0.0322. The molecule has 0 atom stereocenters. The molecule has 0 saturated carbocycles. The van der Waals surface area contributed by atoms with Gasteiger partial charge in [0, 0.05) is 29.8 Å². The number of nitrogens with zero attached hydrogens (tertiary/aromatic N) is 1. The summed E-state index contributed by atoms with van der Waals surface area (Å²) in [6, 6.07) is 18.3. The Bertz CT molecular complexity index is 941. The van der Waals surface area contributed by atoms with E-state index in [0.717, 1.165) is 11.1 Å². The minimum Gasteiger partial charge on any atom is -0.456 e. The van der Waals surface area contributed by atoms with Gasteiger partial charge in [-0.1, -0.05) is 36.4 Å². The second kappa shape index (κ2) is 6.75. The highest BCUT2D eigenvalue weighted by atomic mass is 16.6. The maximum atomic E-state index is 11.8. The van der Waals surface area contributed by atoms with Crippen LogP contribution in [-0.4, -0.2) is 4.92 Å². The van der Waals surface area contributed by atoms with Crippen molar-refractivity contribution in [3.05, 3.63) is 98.4 Å². The molecule has 2 aromatic carbocycles. The molecular weight excluding hydrogens is 306 g/mol. The summed E-state index contributed by atoms with van der Waals surface area (Å²) >= 11 is 0. The van der Waals surface area contributed by atoms with Crippen molar-refractivity contribution in [2.24, 2.45) is 0 Å². The van der Waals surface area contributed by atoms with Crippen molar-refractivity contribution < 1.29 is 9.34 Å². The molecule has 3 rings (SSSR count). The first-order chi connectivity index (χ1) is 11.6. The molecule has 0 radical (unpaired) electrons. The zero-order valence-corrected chi connectivity index (χ0v) is 12.6. The predicted molar refractivity (Wildman–Crippen MR) is 92.4 cm³/mol. The lowest BCUT2D eigenvalue weighted by molar-refractivity contribution is -0.384. The zero-order valence-electron chi connectivity index (χ0n) is 12.6. The molecule has 118 valence electrons. The van der Waals surface area contributed by atoms with Crippen LogP contribution < -0.4 is 5.43 Å². The van der Waals surface area contributed by atoms with E-state index in [0.29, 0.717) is 11.5 Å². The van der Waals surface area contributed by atoms with Gasteiger partial charge in [0.25, 0.3) is 5.69 Å². The van der Waals surface area contributed by atoms with Gasteiger partial charge in [-0.05, 0) is 23.8 Å². The number of non-ortho nitro benzene ring substituents is 1. The fraction of sp³-hybridized carbons (Fsp3) is 0. The van der Waals surface area contributed by atoms with Crippen molar-refractivity contribution in [1.82, 2.24) is 0 Å². The average Bonchev–Trinajstić information content (AvgIpc) is 2.60. The number of benzene rings is 2. The summed E-state index contributed by atoms with van der Waals surface area (Å²) in [5.74, 6) is 0.908. The number of nitro benzene ring substituents is 1. The molecule has 0 aliphatic heterocycles. The van der Waals surface area contributed by atoms with Crippen LogP contribution in [0.2, 0.25) is 0 Å². The largest absolute Gasteiger partial charge is 0.456 e. The van der Waals surface area contributed by atoms with Gasteiger partial charge in [0.15, 0.2) is 5.43 Å². The first-order valence-corrected chi connectivity index (χ1v) is 7.25. The van der Waals surface area contributed by atoms with Gasteiger partial charge in [-0.25, -0.2) is 0 Å². The monoisotopic (exact) mass is 319 g/mol. The summed E-state index contributed by atoms with van der Waals surface area (Å²) in [5, 5.41) is 10.6. The highest BCUT2D eigenvalue weighted by Crippen LogP contribution is 2.20. The SMILES string of the molecule is O=c1cc(/C=C/c2ccc([N+](=O)[O-])cc2)oc(-c2ccccc2)c1. The Labute approximate surface area is 137 Å². The zero-order chi connectivity index (χ0) is 16.9. The minimum atomic E-state index is -0.449. The fourth-order valence-electron chi connectivity index (χ4n) is 2.21. The van der Waals surface area contributed by atoms with E-state index in [2.05, 4.69) is 0 Å². The fourth-order valence-corrected chi connectivity index (χ4v) is 2.21. The first kappa shape index (κ1) is 15.4. The summed E-state index contributed by atoms with van der Waals surface area (Å²) in [4.78, 5) is 22.0. The Hall–Kier alpha value is -3.47. The number of nitro groups is 1. The maximum absolute atomic E-state index is 11.8. The average molecular weight is 319 g/mol. The van der Waals surface area contributed by atoms with Crippen LogP contribution in [0.4, 0.5) is 5.69 Å². The van der Waals surface area contributed by atoms with Crippen molar-refractivity contribution in [1.29, 1.82) is 0 Å². The Morgan fingerprint density at radius 1 is 0.917 bits per heavy atom. The molecule has 0 saturated heterocycles. The molecule has 0 bridgehead atoms. The molecule has 0 spiro atoms. The van der Waals surface area contributed by atoms with Gasteiger partial charge in [-0.15, -0.1) is 0 Å². The molecule has 5 nitrogen and oxygen atoms in total. The summed E-state index contributed by atoms with van der Waals surface area (Å²) in [5.41, 5.74) is 1.47. The van der Waals surface area contributed by atoms with E-state index >= 15 is 0 Å². The second-order valence-electron chi connectivity index (χ2n) is 5.11. The number of hydrogen-bond acceptors (Lipinski definition) is 4. The first-order valence-electron chi connectivity index (χ1n) is 7.25. The third-order valence-corrected chi connectivity index (χ3v) is 3.39. The van der Waals surface area contributed by atoms with Gasteiger partial charge in [0.05, 0.1) is 4.92 Å². The second-order valence-corrected chi connectivity index (χ2v) is 5.11. The van der Waals surface area contributed by atoms with Crippen LogP contribution >= 0.6 is 0 Å². The molecule has 0 aliphatic rings. The van der Waals surface area contributed by atoms with E-state index in [1.807, 2.05) is 30.3 Å². The molecule has 0 N–H and O–H groups in total. The van der Waals surface area contributed by atoms with Gasteiger partial charge in [-0.3, -0.25) is 14.9 Å². The van der Waals surface area contributed by atoms with E-state index in [1.54, 1.807) is 24.3 Å². The van der Waals surface area contributed by atoms with Crippen LogP contribution in [0.3, 0.4) is 0 Å². The van der Waals surface area contributed by atoms with Crippen molar-refractivity contribution >= 4 is 17.8 Å². The Morgan fingerprint density at radius 2 is 1.62 bits per heavy atom. The lowest BCUT2D eigenvalue weighted by Crippen LogP contribution is -1.98. The number of rotatable bonds is 4. The maximum Gasteiger partial charge on any atom is 0.269 e. The Balaban J connectivity index is 1.88. The van der Waals surface area contributed by atoms with Gasteiger partial charge < -0.3 is 4.42 Å². The van der Waals surface area contributed by atoms with Crippen LogP contribution in [0.15, 0.2) is 75.9 Å². The third-order valence-electron chi connectivity index (χ3n) is 3.39. The molecule has 1 aromatic heterocycles. The van der Waals surface area contributed by atoms with Gasteiger partial charge in [0.1, 0.15) is 11.5 Å². The molecule has 0 unspecified atom stereocenters. The van der Waals surface area contributed by atoms with Gasteiger partial charge in [-0.2, -0.15) is 0 Å². The lowest BCUT2D eigenvalue weighted by atomic mass is 10.1. The predicted octanol–water partition coefficient (Wildman–Crippen LogP) is 4.39. The molecule has 3 aromatic rings. The third kappa shape index (κ3) is 3.64. The topological polar surface area (TPSA) is 73.3 Å². The standard InChI is InChI=1S/C19H13NO4/c21-17-12-18(24-19(13-17)15-4-2-1-3-5-15)11-8-14-6-9-16(10-7-14)20(22)23/h1-13H/b11-8+. The van der Waals surface area contributed by atoms with Crippen LogP contribution in [0.1, 0.15) is 11.3 Å². The van der Waals surface area contributed by atoms with E-state index in [4.69, 9.17) is 4.42 Å². The highest BCUT2D eigenvalue weighted by Gasteiger charge is 2.04. The molecule has 5 heteroatoms.